The molecule has 0 fully saturated rings. The third-order valence-corrected chi connectivity index (χ3v) is 5.64. The summed E-state index contributed by atoms with van der Waals surface area (Å²) >= 11 is 0. The summed E-state index contributed by atoms with van der Waals surface area (Å²) in [6, 6.07) is 12.8. The molecule has 4 rings (SSSR count). The summed E-state index contributed by atoms with van der Waals surface area (Å²) in [4.78, 5) is 11.5. The molecule has 0 spiro atoms. The predicted molar refractivity (Wildman–Crippen MR) is 97.4 cm³/mol. The molecule has 0 aliphatic carbocycles. The van der Waals surface area contributed by atoms with E-state index in [0.29, 0.717) is 27.9 Å². The number of nitrogens with one attached hydrogen (secondary N) is 1. The highest BCUT2D eigenvalue weighted by Crippen LogP contribution is 2.38. The molecule has 0 saturated carbocycles. The van der Waals surface area contributed by atoms with E-state index in [0.717, 1.165) is 5.56 Å². The van der Waals surface area contributed by atoms with Crippen LogP contribution in [-0.2, 0) is 10.0 Å². The summed E-state index contributed by atoms with van der Waals surface area (Å²) < 4.78 is 38.5. The van der Waals surface area contributed by atoms with Gasteiger partial charge in [-0.05, 0) is 31.2 Å². The summed E-state index contributed by atoms with van der Waals surface area (Å²) in [5, 5.41) is 0.704. The van der Waals surface area contributed by atoms with Crippen LogP contribution >= 0.6 is 0 Å². The van der Waals surface area contributed by atoms with Gasteiger partial charge in [-0.15, -0.1) is 0 Å². The first-order chi connectivity index (χ1) is 12.3. The van der Waals surface area contributed by atoms with Gasteiger partial charge in [0.05, 0.1) is 4.90 Å². The zero-order valence-electron chi connectivity index (χ0n) is 13.9. The smallest absolute Gasteiger partial charge is 0.336 e. The van der Waals surface area contributed by atoms with E-state index in [2.05, 4.69) is 11.3 Å². The first-order valence-corrected chi connectivity index (χ1v) is 9.34. The van der Waals surface area contributed by atoms with Crippen molar-refractivity contribution in [3.8, 4) is 5.75 Å². The second-order valence-corrected chi connectivity index (χ2v) is 7.81. The van der Waals surface area contributed by atoms with E-state index >= 15 is 0 Å². The van der Waals surface area contributed by atoms with Gasteiger partial charge in [0, 0.05) is 28.7 Å². The van der Waals surface area contributed by atoms with Gasteiger partial charge in [0.2, 0.25) is 10.0 Å². The molecule has 1 aromatic heterocycles. The van der Waals surface area contributed by atoms with Gasteiger partial charge in [0.25, 0.3) is 0 Å². The van der Waals surface area contributed by atoms with Crippen LogP contribution < -0.4 is 15.1 Å². The Hall–Kier alpha value is -2.90. The zero-order valence-corrected chi connectivity index (χ0v) is 14.7. The monoisotopic (exact) mass is 369 g/mol. The first kappa shape index (κ1) is 16.6. The molecule has 7 heteroatoms. The van der Waals surface area contributed by atoms with Gasteiger partial charge in [-0.25, -0.2) is 13.2 Å². The summed E-state index contributed by atoms with van der Waals surface area (Å²) in [7, 11) is -3.77. The summed E-state index contributed by atoms with van der Waals surface area (Å²) in [6.07, 6.45) is -0.931. The van der Waals surface area contributed by atoms with E-state index in [1.165, 1.54) is 18.2 Å². The van der Waals surface area contributed by atoms with Crippen molar-refractivity contribution < 1.29 is 17.6 Å². The van der Waals surface area contributed by atoms with E-state index < -0.39 is 21.9 Å². The van der Waals surface area contributed by atoms with Crippen LogP contribution in [0, 0.1) is 6.92 Å². The summed E-state index contributed by atoms with van der Waals surface area (Å²) in [5.41, 5.74) is 2.02. The number of fused-ring (bicyclic) bond motifs is 2. The predicted octanol–water partition coefficient (Wildman–Crippen LogP) is 2.81. The molecule has 1 aliphatic heterocycles. The fraction of sp³-hybridized carbons (Fsp3) is 0.105. The topological polar surface area (TPSA) is 85.6 Å². The summed E-state index contributed by atoms with van der Waals surface area (Å²) in [5.74, 6) is 0.411. The maximum atomic E-state index is 12.6. The van der Waals surface area contributed by atoms with Gasteiger partial charge in [-0.2, -0.15) is 4.72 Å². The van der Waals surface area contributed by atoms with Crippen LogP contribution in [0.25, 0.3) is 16.5 Å². The van der Waals surface area contributed by atoms with E-state index in [-0.39, 0.29) is 4.90 Å². The fourth-order valence-electron chi connectivity index (χ4n) is 2.81. The Morgan fingerprint density at radius 1 is 1.08 bits per heavy atom. The number of hydrogen-bond acceptors (Lipinski definition) is 5. The maximum absolute atomic E-state index is 12.6. The molecule has 6 nitrogen and oxygen atoms in total. The van der Waals surface area contributed by atoms with Crippen molar-refractivity contribution in [3.05, 3.63) is 76.7 Å². The van der Waals surface area contributed by atoms with Crippen molar-refractivity contribution in [2.75, 3.05) is 0 Å². The molecule has 1 aliphatic rings. The standard InChI is InChI=1S/C19H15NO5S/c1-11-3-6-14(7-4-11)26(22,23)20-19-12(2)15-9-13-5-8-18(21)24-16(13)10-17(15)25-19/h3-10,19-20H,2H2,1H3. The number of aryl methyl sites for hydroxylation is 1. The molecule has 0 bridgehead atoms. The molecule has 132 valence electrons. The van der Waals surface area contributed by atoms with Crippen molar-refractivity contribution in [1.29, 1.82) is 0 Å². The molecule has 2 aromatic carbocycles. The molecule has 0 saturated heterocycles. The van der Waals surface area contributed by atoms with Crippen molar-refractivity contribution in [1.82, 2.24) is 4.72 Å². The van der Waals surface area contributed by atoms with Gasteiger partial charge in [0.1, 0.15) is 11.3 Å². The third-order valence-electron chi connectivity index (χ3n) is 4.22. The normalized spacial score (nSPS) is 16.5. The molecule has 1 unspecified atom stereocenters. The summed E-state index contributed by atoms with van der Waals surface area (Å²) in [6.45, 7) is 5.83. The molecular weight excluding hydrogens is 354 g/mol. The molecule has 2 heterocycles. The Labute approximate surface area is 149 Å². The highest BCUT2D eigenvalue weighted by atomic mass is 32.2. The van der Waals surface area contributed by atoms with E-state index in [1.54, 1.807) is 30.3 Å². The van der Waals surface area contributed by atoms with Gasteiger partial charge >= 0.3 is 5.63 Å². The molecule has 26 heavy (non-hydrogen) atoms. The average Bonchev–Trinajstić information content (AvgIpc) is 2.88. The lowest BCUT2D eigenvalue weighted by atomic mass is 10.1. The second-order valence-electron chi connectivity index (χ2n) is 6.10. The van der Waals surface area contributed by atoms with Crippen LogP contribution in [0.5, 0.6) is 5.75 Å². The minimum atomic E-state index is -3.77. The fourth-order valence-corrected chi connectivity index (χ4v) is 3.91. The van der Waals surface area contributed by atoms with Crippen molar-refractivity contribution in [3.63, 3.8) is 0 Å². The van der Waals surface area contributed by atoms with E-state index in [1.807, 2.05) is 6.92 Å². The van der Waals surface area contributed by atoms with E-state index in [9.17, 15) is 13.2 Å². The number of sulfonamides is 1. The lowest BCUT2D eigenvalue weighted by Crippen LogP contribution is -2.37. The molecular formula is C19H15NO5S. The van der Waals surface area contributed by atoms with Crippen molar-refractivity contribution in [2.24, 2.45) is 0 Å². The van der Waals surface area contributed by atoms with Crippen LogP contribution in [0.3, 0.4) is 0 Å². The quantitative estimate of drug-likeness (QED) is 0.718. The van der Waals surface area contributed by atoms with E-state index in [4.69, 9.17) is 9.15 Å². The molecule has 0 radical (unpaired) electrons. The van der Waals surface area contributed by atoms with Crippen LogP contribution in [0.1, 0.15) is 11.1 Å². The zero-order chi connectivity index (χ0) is 18.5. The van der Waals surface area contributed by atoms with Crippen LogP contribution in [0.4, 0.5) is 0 Å². The Bertz CT molecular complexity index is 1190. The minimum Gasteiger partial charge on any atom is -0.469 e. The largest absolute Gasteiger partial charge is 0.469 e. The number of ether oxygens (including phenoxy) is 1. The van der Waals surface area contributed by atoms with Gasteiger partial charge in [0.15, 0.2) is 6.23 Å². The maximum Gasteiger partial charge on any atom is 0.336 e. The average molecular weight is 369 g/mol. The lowest BCUT2D eigenvalue weighted by molar-refractivity contribution is 0.265. The highest BCUT2D eigenvalue weighted by Gasteiger charge is 2.32. The molecule has 1 atom stereocenters. The van der Waals surface area contributed by atoms with Crippen molar-refractivity contribution >= 4 is 26.6 Å². The second kappa shape index (κ2) is 5.82. The number of rotatable bonds is 3. The third kappa shape index (κ3) is 2.81. The molecule has 3 aromatic rings. The van der Waals surface area contributed by atoms with Gasteiger partial charge < -0.3 is 9.15 Å². The Balaban J connectivity index is 1.66. The SMILES string of the molecule is C=C1c2cc3ccc(=O)oc3cc2OC1NS(=O)(=O)c1ccc(C)cc1. The highest BCUT2D eigenvalue weighted by molar-refractivity contribution is 7.89. The molecule has 1 N–H and O–H groups in total. The Kier molecular flexibility index (Phi) is 3.71. The minimum absolute atomic E-state index is 0.145. The lowest BCUT2D eigenvalue weighted by Gasteiger charge is -2.14. The van der Waals surface area contributed by atoms with Crippen molar-refractivity contribution in [2.45, 2.75) is 18.0 Å². The van der Waals surface area contributed by atoms with Crippen LogP contribution in [0.15, 0.2) is 69.2 Å². The molecule has 0 amide bonds. The number of benzene rings is 2. The first-order valence-electron chi connectivity index (χ1n) is 7.86. The van der Waals surface area contributed by atoms with Crippen LogP contribution in [-0.4, -0.2) is 14.6 Å². The Morgan fingerprint density at radius 3 is 2.54 bits per heavy atom. The van der Waals surface area contributed by atoms with Gasteiger partial charge in [-0.3, -0.25) is 0 Å². The Morgan fingerprint density at radius 2 is 1.81 bits per heavy atom. The number of hydrogen-bond donors (Lipinski definition) is 1. The van der Waals surface area contributed by atoms with Gasteiger partial charge in [-0.1, -0.05) is 24.3 Å². The van der Waals surface area contributed by atoms with Crippen LogP contribution in [0.2, 0.25) is 0 Å².